The first-order chi connectivity index (χ1) is 12.4. The van der Waals surface area contributed by atoms with Crippen LogP contribution in [0.25, 0.3) is 0 Å². The smallest absolute Gasteiger partial charge is 0.327 e. The van der Waals surface area contributed by atoms with Gasteiger partial charge in [-0.15, -0.1) is 0 Å². The number of hydrogen-bond donors (Lipinski definition) is 0. The van der Waals surface area contributed by atoms with Gasteiger partial charge in [-0.3, -0.25) is 29.1 Å². The SMILES string of the molecule is CCCc1c(Cc2ccc([N+](=O)[O-])cc2)c(=O)n(C)n1CC(=O)OCC. The number of ether oxygens (including phenoxy) is 1. The van der Waals surface area contributed by atoms with Gasteiger partial charge in [-0.2, -0.15) is 0 Å². The second kappa shape index (κ2) is 8.46. The van der Waals surface area contributed by atoms with Gasteiger partial charge in [-0.05, 0) is 18.9 Å². The maximum atomic E-state index is 12.7. The number of rotatable bonds is 8. The third-order valence-corrected chi connectivity index (χ3v) is 4.17. The molecular weight excluding hydrogens is 338 g/mol. The molecule has 0 aliphatic rings. The summed E-state index contributed by atoms with van der Waals surface area (Å²) in [6.45, 7) is 4.00. The molecule has 2 rings (SSSR count). The quantitative estimate of drug-likeness (QED) is 0.408. The molecule has 2 aromatic rings. The summed E-state index contributed by atoms with van der Waals surface area (Å²) >= 11 is 0. The number of nitrogens with zero attached hydrogens (tertiary/aromatic N) is 3. The van der Waals surface area contributed by atoms with Gasteiger partial charge in [-0.1, -0.05) is 25.5 Å². The summed E-state index contributed by atoms with van der Waals surface area (Å²) in [7, 11) is 1.63. The second-order valence-electron chi connectivity index (χ2n) is 5.97. The van der Waals surface area contributed by atoms with Crippen molar-refractivity contribution in [2.45, 2.75) is 39.7 Å². The molecule has 0 saturated heterocycles. The van der Waals surface area contributed by atoms with E-state index < -0.39 is 10.9 Å². The van der Waals surface area contributed by atoms with E-state index in [1.54, 1.807) is 30.8 Å². The zero-order valence-electron chi connectivity index (χ0n) is 15.2. The first-order valence-electron chi connectivity index (χ1n) is 8.55. The van der Waals surface area contributed by atoms with Crippen molar-refractivity contribution in [3.63, 3.8) is 0 Å². The van der Waals surface area contributed by atoms with Crippen LogP contribution in [0.15, 0.2) is 29.1 Å². The Kier molecular flexibility index (Phi) is 6.32. The fraction of sp³-hybridized carbons (Fsp3) is 0.444. The van der Waals surface area contributed by atoms with Gasteiger partial charge in [0.2, 0.25) is 0 Å². The molecule has 26 heavy (non-hydrogen) atoms. The van der Waals surface area contributed by atoms with Gasteiger partial charge in [0, 0.05) is 36.9 Å². The maximum Gasteiger partial charge on any atom is 0.327 e. The monoisotopic (exact) mass is 361 g/mol. The van der Waals surface area contributed by atoms with Crippen molar-refractivity contribution in [2.24, 2.45) is 7.05 Å². The Hall–Kier alpha value is -2.90. The van der Waals surface area contributed by atoms with Crippen molar-refractivity contribution in [2.75, 3.05) is 6.61 Å². The maximum absolute atomic E-state index is 12.7. The lowest BCUT2D eigenvalue weighted by Crippen LogP contribution is -2.25. The van der Waals surface area contributed by atoms with Crippen LogP contribution in [0.3, 0.4) is 0 Å². The first kappa shape index (κ1) is 19.4. The molecule has 0 bridgehead atoms. The predicted octanol–water partition coefficient (Wildman–Crippen LogP) is 2.20. The average molecular weight is 361 g/mol. The highest BCUT2D eigenvalue weighted by molar-refractivity contribution is 5.69. The number of non-ortho nitro benzene ring substituents is 1. The minimum atomic E-state index is -0.457. The van der Waals surface area contributed by atoms with Crippen molar-refractivity contribution < 1.29 is 14.5 Å². The molecule has 0 amide bonds. The van der Waals surface area contributed by atoms with Crippen LogP contribution in [0.2, 0.25) is 0 Å². The van der Waals surface area contributed by atoms with Crippen molar-refractivity contribution in [1.82, 2.24) is 9.36 Å². The highest BCUT2D eigenvalue weighted by Gasteiger charge is 2.20. The van der Waals surface area contributed by atoms with E-state index in [-0.39, 0.29) is 24.4 Å². The minimum Gasteiger partial charge on any atom is -0.465 e. The topological polar surface area (TPSA) is 96.4 Å². The standard InChI is InChI=1S/C18H23N3O5/c1-4-6-16-15(11-13-7-9-14(10-8-13)21(24)25)18(23)19(3)20(16)12-17(22)26-5-2/h7-10H,4-6,11-12H2,1-3H3. The van der Waals surface area contributed by atoms with Crippen molar-refractivity contribution in [1.29, 1.82) is 0 Å². The normalized spacial score (nSPS) is 10.7. The van der Waals surface area contributed by atoms with E-state index in [0.29, 0.717) is 18.4 Å². The Balaban J connectivity index is 2.39. The molecule has 0 unspecified atom stereocenters. The van der Waals surface area contributed by atoms with Gasteiger partial charge < -0.3 is 4.74 Å². The molecular formula is C18H23N3O5. The predicted molar refractivity (Wildman–Crippen MR) is 96.2 cm³/mol. The number of nitro benzene ring substituents is 1. The highest BCUT2D eigenvalue weighted by Crippen LogP contribution is 2.17. The van der Waals surface area contributed by atoms with Gasteiger partial charge in [-0.25, -0.2) is 0 Å². The zero-order chi connectivity index (χ0) is 19.3. The van der Waals surface area contributed by atoms with Gasteiger partial charge in [0.05, 0.1) is 11.5 Å². The van der Waals surface area contributed by atoms with Crippen LogP contribution >= 0.6 is 0 Å². The van der Waals surface area contributed by atoms with Crippen molar-refractivity contribution >= 4 is 11.7 Å². The average Bonchev–Trinajstić information content (AvgIpc) is 2.81. The number of aromatic nitrogens is 2. The number of nitro groups is 1. The summed E-state index contributed by atoms with van der Waals surface area (Å²) in [6, 6.07) is 6.15. The van der Waals surface area contributed by atoms with Crippen LogP contribution in [-0.2, 0) is 36.0 Å². The van der Waals surface area contributed by atoms with Gasteiger partial charge >= 0.3 is 5.97 Å². The molecule has 140 valence electrons. The van der Waals surface area contributed by atoms with Crippen molar-refractivity contribution in [3.8, 4) is 0 Å². The Labute approximate surface area is 151 Å². The Bertz CT molecular complexity index is 849. The molecule has 0 spiro atoms. The lowest BCUT2D eigenvalue weighted by molar-refractivity contribution is -0.384. The van der Waals surface area contributed by atoms with Crippen molar-refractivity contribution in [3.05, 3.63) is 61.6 Å². The Morgan fingerprint density at radius 2 is 1.88 bits per heavy atom. The highest BCUT2D eigenvalue weighted by atomic mass is 16.6. The number of carbonyl (C=O) groups excluding carboxylic acids is 1. The molecule has 1 aromatic heterocycles. The minimum absolute atomic E-state index is 0.00955. The molecule has 1 heterocycles. The van der Waals surface area contributed by atoms with Crippen LogP contribution in [0.5, 0.6) is 0 Å². The summed E-state index contributed by atoms with van der Waals surface area (Å²) in [6.07, 6.45) is 1.83. The second-order valence-corrected chi connectivity index (χ2v) is 5.97. The van der Waals surface area contributed by atoms with E-state index in [9.17, 15) is 19.7 Å². The van der Waals surface area contributed by atoms with Crippen LogP contribution in [0.4, 0.5) is 5.69 Å². The van der Waals surface area contributed by atoms with Gasteiger partial charge in [0.1, 0.15) is 6.54 Å². The summed E-state index contributed by atoms with van der Waals surface area (Å²) in [5.74, 6) is -0.391. The molecule has 0 aliphatic heterocycles. The van der Waals surface area contributed by atoms with E-state index >= 15 is 0 Å². The molecule has 0 aliphatic carbocycles. The number of carbonyl (C=O) groups is 1. The summed E-state index contributed by atoms with van der Waals surface area (Å²) < 4.78 is 8.09. The molecule has 0 saturated carbocycles. The zero-order valence-corrected chi connectivity index (χ0v) is 15.2. The lowest BCUT2D eigenvalue weighted by Gasteiger charge is -2.11. The molecule has 0 radical (unpaired) electrons. The fourth-order valence-corrected chi connectivity index (χ4v) is 2.93. The summed E-state index contributed by atoms with van der Waals surface area (Å²) in [5, 5.41) is 10.8. The van der Waals surface area contributed by atoms with E-state index in [2.05, 4.69) is 0 Å². The Morgan fingerprint density at radius 1 is 1.23 bits per heavy atom. The van der Waals surface area contributed by atoms with Crippen LogP contribution < -0.4 is 5.56 Å². The molecule has 0 atom stereocenters. The largest absolute Gasteiger partial charge is 0.465 e. The third-order valence-electron chi connectivity index (χ3n) is 4.17. The molecule has 8 nitrogen and oxygen atoms in total. The summed E-state index contributed by atoms with van der Waals surface area (Å²) in [4.78, 5) is 34.9. The molecule has 1 aromatic carbocycles. The van der Waals surface area contributed by atoms with Crippen LogP contribution in [0.1, 0.15) is 37.1 Å². The van der Waals surface area contributed by atoms with E-state index in [1.807, 2.05) is 6.92 Å². The molecule has 0 fully saturated rings. The van der Waals surface area contributed by atoms with E-state index in [1.165, 1.54) is 16.8 Å². The molecule has 0 N–H and O–H groups in total. The summed E-state index contributed by atoms with van der Waals surface area (Å²) in [5.41, 5.74) is 2.05. The van der Waals surface area contributed by atoms with Gasteiger partial charge in [0.25, 0.3) is 11.2 Å². The van der Waals surface area contributed by atoms with E-state index in [4.69, 9.17) is 4.74 Å². The van der Waals surface area contributed by atoms with Crippen LogP contribution in [0, 0.1) is 10.1 Å². The first-order valence-corrected chi connectivity index (χ1v) is 8.55. The number of benzene rings is 1. The lowest BCUT2D eigenvalue weighted by atomic mass is 10.0. The van der Waals surface area contributed by atoms with E-state index in [0.717, 1.165) is 17.7 Å². The number of hydrogen-bond acceptors (Lipinski definition) is 5. The number of esters is 1. The Morgan fingerprint density at radius 3 is 2.42 bits per heavy atom. The fourth-order valence-electron chi connectivity index (χ4n) is 2.93. The van der Waals surface area contributed by atoms with Gasteiger partial charge in [0.15, 0.2) is 0 Å². The molecule has 8 heteroatoms. The van der Waals surface area contributed by atoms with Crippen LogP contribution in [-0.4, -0.2) is 26.9 Å². The third kappa shape index (κ3) is 4.19.